The molecule has 4 fully saturated rings. The van der Waals surface area contributed by atoms with Crippen LogP contribution in [0.1, 0.15) is 43.4 Å². The highest BCUT2D eigenvalue weighted by Gasteiger charge is 2.74. The van der Waals surface area contributed by atoms with Crippen molar-refractivity contribution >= 4 is 11.6 Å². The number of rotatable bonds is 0. The van der Waals surface area contributed by atoms with Crippen LogP contribution >= 0.6 is 11.6 Å². The van der Waals surface area contributed by atoms with Crippen LogP contribution in [0.4, 0.5) is 0 Å². The minimum absolute atomic E-state index is 0.157. The Bertz CT molecular complexity index is 892. The van der Waals surface area contributed by atoms with Crippen LogP contribution in [0.2, 0.25) is 5.15 Å². The van der Waals surface area contributed by atoms with E-state index in [0.717, 1.165) is 29.1 Å². The van der Waals surface area contributed by atoms with Gasteiger partial charge in [-0.15, -0.1) is 0 Å². The number of fused-ring (bicyclic) bond motifs is 9. The molecule has 0 amide bonds. The normalized spacial score (nSPS) is 45.2. The van der Waals surface area contributed by atoms with Crippen molar-refractivity contribution in [2.45, 2.75) is 37.5 Å². The molecule has 5 aliphatic carbocycles. The average Bonchev–Trinajstić information content (AvgIpc) is 3.10. The summed E-state index contributed by atoms with van der Waals surface area (Å²) in [4.78, 5) is 4.98. The van der Waals surface area contributed by atoms with E-state index in [1.807, 2.05) is 6.07 Å². The van der Waals surface area contributed by atoms with Crippen molar-refractivity contribution in [3.63, 3.8) is 0 Å². The molecule has 4 unspecified atom stereocenters. The predicted molar refractivity (Wildman–Crippen MR) is 94.9 cm³/mol. The Hall–Kier alpha value is -1.34. The third-order valence-electron chi connectivity index (χ3n) is 8.79. The second kappa shape index (κ2) is 3.75. The summed E-state index contributed by atoms with van der Waals surface area (Å²) in [5.41, 5.74) is 6.57. The van der Waals surface area contributed by atoms with Gasteiger partial charge in [0.1, 0.15) is 5.15 Å². The van der Waals surface area contributed by atoms with Crippen molar-refractivity contribution in [1.82, 2.24) is 4.98 Å². The van der Waals surface area contributed by atoms with E-state index in [4.69, 9.17) is 16.6 Å². The zero-order chi connectivity index (χ0) is 15.7. The molecule has 2 spiro atoms. The molecule has 1 nitrogen and oxygen atoms in total. The smallest absolute Gasteiger partial charge is 0.129 e. The van der Waals surface area contributed by atoms with Crippen molar-refractivity contribution in [2.24, 2.45) is 29.1 Å². The maximum atomic E-state index is 6.40. The lowest BCUT2D eigenvalue weighted by Gasteiger charge is -2.50. The fraction of sp³-hybridized carbons (Fsp3) is 0.500. The lowest BCUT2D eigenvalue weighted by atomic mass is 9.54. The van der Waals surface area contributed by atoms with Crippen LogP contribution in [-0.2, 0) is 5.41 Å². The van der Waals surface area contributed by atoms with Crippen molar-refractivity contribution in [2.75, 3.05) is 0 Å². The zero-order valence-corrected chi connectivity index (χ0v) is 14.4. The van der Waals surface area contributed by atoms with Crippen LogP contribution in [0.5, 0.6) is 0 Å². The summed E-state index contributed by atoms with van der Waals surface area (Å²) in [6.45, 7) is 0. The molecule has 0 radical (unpaired) electrons. The Morgan fingerprint density at radius 2 is 1.54 bits per heavy atom. The van der Waals surface area contributed by atoms with E-state index in [1.165, 1.54) is 48.9 Å². The van der Waals surface area contributed by atoms with Crippen molar-refractivity contribution in [3.8, 4) is 11.1 Å². The van der Waals surface area contributed by atoms with Gasteiger partial charge in [-0.2, -0.15) is 0 Å². The van der Waals surface area contributed by atoms with Crippen LogP contribution in [0.3, 0.4) is 0 Å². The predicted octanol–water partition coefficient (Wildman–Crippen LogP) is 5.46. The summed E-state index contributed by atoms with van der Waals surface area (Å²) in [5, 5.41) is 0.666. The Labute approximate surface area is 147 Å². The van der Waals surface area contributed by atoms with Crippen molar-refractivity contribution in [1.29, 1.82) is 0 Å². The second-order valence-corrected chi connectivity index (χ2v) is 9.47. The molecule has 120 valence electrons. The van der Waals surface area contributed by atoms with Gasteiger partial charge in [0.2, 0.25) is 0 Å². The van der Waals surface area contributed by atoms with Gasteiger partial charge in [-0.1, -0.05) is 35.9 Å². The van der Waals surface area contributed by atoms with E-state index >= 15 is 0 Å². The molecule has 7 rings (SSSR count). The second-order valence-electron chi connectivity index (χ2n) is 9.08. The highest BCUT2D eigenvalue weighted by atomic mass is 35.5. The number of pyridine rings is 1. The van der Waals surface area contributed by atoms with E-state index in [-0.39, 0.29) is 5.41 Å². The summed E-state index contributed by atoms with van der Waals surface area (Å²) < 4.78 is 0. The molecular weight excluding hydrogens is 314 g/mol. The maximum Gasteiger partial charge on any atom is 0.129 e. The summed E-state index contributed by atoms with van der Waals surface area (Å²) in [5.74, 6) is 3.57. The number of nitrogens with zero attached hydrogens (tertiary/aromatic N) is 1. The first-order valence-corrected chi connectivity index (χ1v) is 9.88. The van der Waals surface area contributed by atoms with Crippen LogP contribution in [0, 0.1) is 29.1 Å². The van der Waals surface area contributed by atoms with Crippen LogP contribution in [0.15, 0.2) is 36.4 Å². The average molecular weight is 334 g/mol. The molecule has 1 heterocycles. The van der Waals surface area contributed by atoms with Gasteiger partial charge in [-0.25, -0.2) is 4.98 Å². The number of halogens is 1. The standard InChI is InChI=1S/C22H20ClN/c23-19-6-5-17-16-3-1-2-4-18(16)22(20(17)24-19)14-8-12-7-13-9-15(22)11-21(12,13)10-14/h1-6,12-15H,7-11H2. The molecule has 2 heteroatoms. The highest BCUT2D eigenvalue weighted by Crippen LogP contribution is 2.81. The van der Waals surface area contributed by atoms with E-state index in [1.54, 1.807) is 5.56 Å². The molecule has 0 saturated heterocycles. The van der Waals surface area contributed by atoms with E-state index in [9.17, 15) is 0 Å². The van der Waals surface area contributed by atoms with Gasteiger partial charge < -0.3 is 0 Å². The Kier molecular flexibility index (Phi) is 2.02. The quantitative estimate of drug-likeness (QED) is 0.583. The summed E-state index contributed by atoms with van der Waals surface area (Å²) in [7, 11) is 0. The van der Waals surface area contributed by atoms with Gasteiger partial charge in [0, 0.05) is 11.0 Å². The maximum absolute atomic E-state index is 6.40. The van der Waals surface area contributed by atoms with Crippen molar-refractivity contribution < 1.29 is 0 Å². The monoisotopic (exact) mass is 333 g/mol. The number of hydrogen-bond acceptors (Lipinski definition) is 1. The Morgan fingerprint density at radius 3 is 2.33 bits per heavy atom. The Morgan fingerprint density at radius 1 is 0.833 bits per heavy atom. The summed E-state index contributed by atoms with van der Waals surface area (Å²) in [6, 6.07) is 13.3. The molecule has 5 aliphatic rings. The first kappa shape index (κ1) is 12.9. The molecule has 4 atom stereocenters. The first-order chi connectivity index (χ1) is 11.7. The van der Waals surface area contributed by atoms with E-state index in [0.29, 0.717) is 5.15 Å². The topological polar surface area (TPSA) is 12.9 Å². The van der Waals surface area contributed by atoms with E-state index < -0.39 is 0 Å². The number of aromatic nitrogens is 1. The molecule has 0 aliphatic heterocycles. The molecule has 3 bridgehead atoms. The van der Waals surface area contributed by atoms with E-state index in [2.05, 4.69) is 30.3 Å². The SMILES string of the molecule is Clc1ccc2c(n1)C1(c3ccccc3-2)C2CC3CC4CC1CC34C2. The molecule has 4 saturated carbocycles. The van der Waals surface area contributed by atoms with Gasteiger partial charge in [0.05, 0.1) is 5.69 Å². The third kappa shape index (κ3) is 1.11. The molecule has 2 aromatic rings. The van der Waals surface area contributed by atoms with Gasteiger partial charge in [-0.05, 0) is 84.5 Å². The molecular formula is C22H20ClN. The third-order valence-corrected chi connectivity index (χ3v) is 9.00. The fourth-order valence-corrected chi connectivity index (χ4v) is 8.34. The number of benzene rings is 1. The van der Waals surface area contributed by atoms with Gasteiger partial charge in [0.25, 0.3) is 0 Å². The molecule has 0 N–H and O–H groups in total. The molecule has 24 heavy (non-hydrogen) atoms. The summed E-state index contributed by atoms with van der Waals surface area (Å²) in [6.07, 6.45) is 7.26. The van der Waals surface area contributed by atoms with Crippen LogP contribution < -0.4 is 0 Å². The van der Waals surface area contributed by atoms with Gasteiger partial charge in [0.15, 0.2) is 0 Å². The lowest BCUT2D eigenvalue weighted by molar-refractivity contribution is -0.00198. The molecule has 1 aromatic carbocycles. The minimum atomic E-state index is 0.157. The largest absolute Gasteiger partial charge is 0.240 e. The Balaban J connectivity index is 1.59. The van der Waals surface area contributed by atoms with Crippen LogP contribution in [0.25, 0.3) is 11.1 Å². The molecule has 1 aromatic heterocycles. The first-order valence-electron chi connectivity index (χ1n) is 9.50. The zero-order valence-electron chi connectivity index (χ0n) is 13.6. The lowest BCUT2D eigenvalue weighted by Crippen LogP contribution is -2.45. The summed E-state index contributed by atoms with van der Waals surface area (Å²) >= 11 is 6.40. The van der Waals surface area contributed by atoms with Crippen LogP contribution in [-0.4, -0.2) is 4.98 Å². The minimum Gasteiger partial charge on any atom is -0.240 e. The highest BCUT2D eigenvalue weighted by molar-refractivity contribution is 6.29. The fourth-order valence-electron chi connectivity index (χ4n) is 8.20. The van der Waals surface area contributed by atoms with Gasteiger partial charge in [-0.3, -0.25) is 0 Å². The van der Waals surface area contributed by atoms with Gasteiger partial charge >= 0.3 is 0 Å². The van der Waals surface area contributed by atoms with Crippen molar-refractivity contribution in [3.05, 3.63) is 52.8 Å². The number of hydrogen-bond donors (Lipinski definition) is 0.